The van der Waals surface area contributed by atoms with Gasteiger partial charge in [-0.1, -0.05) is 18.2 Å². The molecule has 0 spiro atoms. The second kappa shape index (κ2) is 8.20. The second-order valence-electron chi connectivity index (χ2n) is 6.59. The summed E-state index contributed by atoms with van der Waals surface area (Å²) in [6.07, 6.45) is 4.03. The summed E-state index contributed by atoms with van der Waals surface area (Å²) >= 11 is 1.17. The molecule has 0 aliphatic heterocycles. The van der Waals surface area contributed by atoms with Crippen LogP contribution < -0.4 is 15.8 Å². The summed E-state index contributed by atoms with van der Waals surface area (Å²) in [4.78, 5) is 12.2. The Bertz CT molecular complexity index is 825. The highest BCUT2D eigenvalue weighted by Crippen LogP contribution is 2.21. The number of carbonyl (C=O) groups is 1. The largest absolute Gasteiger partial charge is 0.353 e. The zero-order valence-electron chi connectivity index (χ0n) is 14.4. The molecule has 1 aliphatic rings. The van der Waals surface area contributed by atoms with E-state index >= 15 is 0 Å². The maximum absolute atomic E-state index is 12.2. The molecule has 3 rings (SSSR count). The Morgan fingerprint density at radius 2 is 1.81 bits per heavy atom. The number of nitrogens with two attached hydrogens (primary N) is 1. The van der Waals surface area contributed by atoms with Crippen LogP contribution in [0.2, 0.25) is 0 Å². The van der Waals surface area contributed by atoms with Crippen molar-refractivity contribution in [2.24, 2.45) is 5.73 Å². The van der Waals surface area contributed by atoms with Gasteiger partial charge in [-0.05, 0) is 54.8 Å². The van der Waals surface area contributed by atoms with E-state index in [-0.39, 0.29) is 28.6 Å². The number of sulfonamides is 1. The Labute approximate surface area is 157 Å². The van der Waals surface area contributed by atoms with Crippen LogP contribution in [0.4, 0.5) is 5.69 Å². The Hall–Kier alpha value is -1.90. The summed E-state index contributed by atoms with van der Waals surface area (Å²) in [5.74, 6) is -0.0163. The highest BCUT2D eigenvalue weighted by molar-refractivity contribution is 7.94. The van der Waals surface area contributed by atoms with E-state index < -0.39 is 10.0 Å². The van der Waals surface area contributed by atoms with Crippen LogP contribution in [0, 0.1) is 0 Å². The molecule has 1 amide bonds. The number of benzene rings is 1. The molecule has 0 saturated heterocycles. The van der Waals surface area contributed by atoms with E-state index in [0.29, 0.717) is 5.69 Å². The molecular weight excluding hydrogens is 370 g/mol. The van der Waals surface area contributed by atoms with Crippen LogP contribution in [0.25, 0.3) is 0 Å². The number of hydrogen-bond acceptors (Lipinski definition) is 5. The molecule has 1 aromatic carbocycles. The van der Waals surface area contributed by atoms with Gasteiger partial charge in [-0.25, -0.2) is 8.42 Å². The number of anilines is 1. The van der Waals surface area contributed by atoms with E-state index in [1.165, 1.54) is 11.3 Å². The fourth-order valence-corrected chi connectivity index (χ4v) is 5.09. The molecule has 26 heavy (non-hydrogen) atoms. The van der Waals surface area contributed by atoms with Crippen LogP contribution in [0.15, 0.2) is 46.0 Å². The Kier molecular flexibility index (Phi) is 5.95. The lowest BCUT2D eigenvalue weighted by atomic mass is 9.91. The van der Waals surface area contributed by atoms with Gasteiger partial charge in [-0.2, -0.15) is 0 Å². The number of hydrogen-bond donors (Lipinski definition) is 3. The quantitative estimate of drug-likeness (QED) is 0.702. The molecular formula is C18H23N3O3S2. The smallest absolute Gasteiger partial charge is 0.271 e. The fraction of sp³-hybridized carbons (Fsp3) is 0.389. The van der Waals surface area contributed by atoms with Crippen LogP contribution in [0.1, 0.15) is 31.2 Å². The molecule has 1 aliphatic carbocycles. The lowest BCUT2D eigenvalue weighted by Crippen LogP contribution is -2.41. The minimum Gasteiger partial charge on any atom is -0.353 e. The number of amides is 1. The summed E-state index contributed by atoms with van der Waals surface area (Å²) in [5.41, 5.74) is 7.20. The molecule has 0 atom stereocenters. The van der Waals surface area contributed by atoms with E-state index in [1.807, 2.05) is 0 Å². The Morgan fingerprint density at radius 1 is 1.12 bits per heavy atom. The van der Waals surface area contributed by atoms with E-state index in [1.54, 1.807) is 41.8 Å². The van der Waals surface area contributed by atoms with E-state index in [2.05, 4.69) is 10.0 Å². The van der Waals surface area contributed by atoms with Crippen LogP contribution in [-0.2, 0) is 21.2 Å². The second-order valence-corrected chi connectivity index (χ2v) is 9.45. The molecule has 1 aromatic heterocycles. The fourth-order valence-electron chi connectivity index (χ4n) is 3.04. The van der Waals surface area contributed by atoms with Gasteiger partial charge in [0, 0.05) is 17.8 Å². The molecule has 0 radical (unpaired) electrons. The van der Waals surface area contributed by atoms with Gasteiger partial charge in [0.05, 0.1) is 6.42 Å². The van der Waals surface area contributed by atoms with Crippen LogP contribution >= 0.6 is 11.3 Å². The molecule has 4 N–H and O–H groups in total. The molecule has 0 unspecified atom stereocenters. The summed E-state index contributed by atoms with van der Waals surface area (Å²) in [5, 5.41) is 4.77. The molecule has 0 bridgehead atoms. The van der Waals surface area contributed by atoms with Crippen molar-refractivity contribution in [3.63, 3.8) is 0 Å². The Morgan fingerprint density at radius 3 is 2.42 bits per heavy atom. The highest BCUT2D eigenvalue weighted by atomic mass is 32.2. The topological polar surface area (TPSA) is 101 Å². The van der Waals surface area contributed by atoms with E-state index in [4.69, 9.17) is 5.73 Å². The molecule has 8 heteroatoms. The predicted molar refractivity (Wildman–Crippen MR) is 104 cm³/mol. The number of thiophene rings is 1. The summed E-state index contributed by atoms with van der Waals surface area (Å²) in [6.45, 7) is 0. The number of nitrogens with one attached hydrogen (secondary N) is 2. The first-order valence-electron chi connectivity index (χ1n) is 8.62. The third kappa shape index (κ3) is 5.06. The van der Waals surface area contributed by atoms with E-state index in [9.17, 15) is 13.2 Å². The Balaban J connectivity index is 1.53. The van der Waals surface area contributed by atoms with Gasteiger partial charge in [0.15, 0.2) is 0 Å². The van der Waals surface area contributed by atoms with Crippen molar-refractivity contribution >= 4 is 33.0 Å². The highest BCUT2D eigenvalue weighted by Gasteiger charge is 2.20. The first-order valence-corrected chi connectivity index (χ1v) is 11.0. The monoisotopic (exact) mass is 393 g/mol. The first kappa shape index (κ1) is 18.9. The zero-order chi connectivity index (χ0) is 18.6. The first-order chi connectivity index (χ1) is 12.4. The van der Waals surface area contributed by atoms with Gasteiger partial charge in [0.25, 0.3) is 10.0 Å². The lowest BCUT2D eigenvalue weighted by Gasteiger charge is -2.26. The maximum Gasteiger partial charge on any atom is 0.271 e. The van der Waals surface area contributed by atoms with Gasteiger partial charge in [-0.3, -0.25) is 9.52 Å². The molecule has 1 heterocycles. The summed E-state index contributed by atoms with van der Waals surface area (Å²) in [6, 6.07) is 10.6. The van der Waals surface area contributed by atoms with Crippen LogP contribution in [-0.4, -0.2) is 26.4 Å². The maximum atomic E-state index is 12.2. The average Bonchev–Trinajstić information content (AvgIpc) is 3.14. The third-order valence-electron chi connectivity index (χ3n) is 4.47. The van der Waals surface area contributed by atoms with E-state index in [0.717, 1.165) is 31.2 Å². The molecule has 6 nitrogen and oxygen atoms in total. The van der Waals surface area contributed by atoms with Crippen LogP contribution in [0.3, 0.4) is 0 Å². The summed E-state index contributed by atoms with van der Waals surface area (Å²) < 4.78 is 27.2. The molecule has 1 saturated carbocycles. The SMILES string of the molecule is NC1CCC(NC(=O)Cc2ccc(NS(=O)(=O)c3cccs3)cc2)CC1. The van der Waals surface area contributed by atoms with Gasteiger partial charge >= 0.3 is 0 Å². The standard InChI is InChI=1S/C18H23N3O3S2/c19-14-5-9-15(10-6-14)20-17(22)12-13-3-7-16(8-4-13)21-26(23,24)18-2-1-11-25-18/h1-4,7-8,11,14-15,21H,5-6,9-10,12,19H2,(H,20,22). The summed E-state index contributed by atoms with van der Waals surface area (Å²) in [7, 11) is -3.55. The van der Waals surface area contributed by atoms with Crippen molar-refractivity contribution < 1.29 is 13.2 Å². The van der Waals surface area contributed by atoms with Crippen molar-refractivity contribution in [2.45, 2.75) is 48.4 Å². The van der Waals surface area contributed by atoms with Crippen molar-refractivity contribution in [1.82, 2.24) is 5.32 Å². The average molecular weight is 394 g/mol. The third-order valence-corrected chi connectivity index (χ3v) is 7.25. The predicted octanol–water partition coefficient (Wildman–Crippen LogP) is 2.48. The minimum atomic E-state index is -3.55. The molecule has 1 fully saturated rings. The lowest BCUT2D eigenvalue weighted by molar-refractivity contribution is -0.121. The van der Waals surface area contributed by atoms with Crippen molar-refractivity contribution in [3.05, 3.63) is 47.3 Å². The van der Waals surface area contributed by atoms with Gasteiger partial charge in [0.1, 0.15) is 4.21 Å². The van der Waals surface area contributed by atoms with Gasteiger partial charge in [-0.15, -0.1) is 11.3 Å². The number of rotatable bonds is 6. The molecule has 2 aromatic rings. The van der Waals surface area contributed by atoms with Crippen molar-refractivity contribution in [3.8, 4) is 0 Å². The minimum absolute atomic E-state index is 0.0163. The zero-order valence-corrected chi connectivity index (χ0v) is 16.0. The normalized spacial score (nSPS) is 20.5. The van der Waals surface area contributed by atoms with Crippen LogP contribution in [0.5, 0.6) is 0 Å². The van der Waals surface area contributed by atoms with Crippen molar-refractivity contribution in [2.75, 3.05) is 4.72 Å². The van der Waals surface area contributed by atoms with Gasteiger partial charge < -0.3 is 11.1 Å². The molecule has 140 valence electrons. The number of carbonyl (C=O) groups excluding carboxylic acids is 1. The van der Waals surface area contributed by atoms with Crippen molar-refractivity contribution in [1.29, 1.82) is 0 Å². The van der Waals surface area contributed by atoms with Gasteiger partial charge in [0.2, 0.25) is 5.91 Å².